The fourth-order valence-corrected chi connectivity index (χ4v) is 7.61. The first-order chi connectivity index (χ1) is 13.3. The predicted octanol–water partition coefficient (Wildman–Crippen LogP) is 3.55. The van der Waals surface area contributed by atoms with Crippen LogP contribution in [0.4, 0.5) is 4.39 Å². The smallest absolute Gasteiger partial charge is 0.254 e. The first-order valence-electron chi connectivity index (χ1n) is 10.4. The maximum absolute atomic E-state index is 14.5. The standard InChI is InChI=1S/C21H29FN2O3S/c1-3-24(4-2)28(26,27)17-5-6-19(22)18(10-17)20(25)23-21-11-14-7-15(12-21)9-16(8-14)13-21/h5-6,10,14-16H,3-4,7-9,11-13H2,1-2H3,(H,23,25). The first-order valence-corrected chi connectivity index (χ1v) is 11.8. The molecule has 5 nitrogen and oxygen atoms in total. The minimum atomic E-state index is -3.74. The SMILES string of the molecule is CCN(CC)S(=O)(=O)c1ccc(F)c(C(=O)NC23CC4CC(CC(C4)C2)C3)c1. The molecule has 0 aliphatic heterocycles. The second kappa shape index (κ2) is 7.10. The lowest BCUT2D eigenvalue weighted by Crippen LogP contribution is -2.59. The summed E-state index contributed by atoms with van der Waals surface area (Å²) in [5, 5.41) is 3.13. The third-order valence-corrected chi connectivity index (χ3v) is 8.99. The third-order valence-electron chi connectivity index (χ3n) is 6.94. The second-order valence-corrected chi connectivity index (χ2v) is 10.8. The fourth-order valence-electron chi connectivity index (χ4n) is 6.12. The van der Waals surface area contributed by atoms with E-state index in [1.807, 2.05) is 0 Å². The number of hydrogen-bond donors (Lipinski definition) is 1. The number of sulfonamides is 1. The molecule has 1 amide bonds. The van der Waals surface area contributed by atoms with E-state index in [4.69, 9.17) is 0 Å². The van der Waals surface area contributed by atoms with Crippen LogP contribution in [-0.4, -0.2) is 37.3 Å². The molecule has 0 radical (unpaired) electrons. The zero-order valence-electron chi connectivity index (χ0n) is 16.6. The van der Waals surface area contributed by atoms with Gasteiger partial charge in [0.25, 0.3) is 5.91 Å². The Bertz CT molecular complexity index is 844. The Balaban J connectivity index is 1.60. The van der Waals surface area contributed by atoms with Crippen LogP contribution in [0.5, 0.6) is 0 Å². The minimum absolute atomic E-state index is 0.0340. The summed E-state index contributed by atoms with van der Waals surface area (Å²) in [5.41, 5.74) is -0.421. The Kier molecular flexibility index (Phi) is 5.02. The first kappa shape index (κ1) is 19.8. The molecule has 28 heavy (non-hydrogen) atoms. The third kappa shape index (κ3) is 3.36. The van der Waals surface area contributed by atoms with E-state index in [0.717, 1.165) is 25.3 Å². The van der Waals surface area contributed by atoms with E-state index >= 15 is 0 Å². The molecule has 7 heteroatoms. The number of benzene rings is 1. The van der Waals surface area contributed by atoms with Gasteiger partial charge in [0.05, 0.1) is 10.5 Å². The molecule has 4 saturated carbocycles. The van der Waals surface area contributed by atoms with Crippen molar-refractivity contribution in [1.29, 1.82) is 0 Å². The number of halogens is 1. The Morgan fingerprint density at radius 1 is 1.11 bits per heavy atom. The average Bonchev–Trinajstić information content (AvgIpc) is 2.61. The van der Waals surface area contributed by atoms with Crippen LogP contribution in [0.3, 0.4) is 0 Å². The van der Waals surface area contributed by atoms with Crippen LogP contribution in [0, 0.1) is 23.6 Å². The van der Waals surface area contributed by atoms with E-state index in [-0.39, 0.29) is 16.0 Å². The van der Waals surface area contributed by atoms with Gasteiger partial charge in [-0.1, -0.05) is 13.8 Å². The van der Waals surface area contributed by atoms with Gasteiger partial charge in [0, 0.05) is 18.6 Å². The Morgan fingerprint density at radius 2 is 1.64 bits per heavy atom. The summed E-state index contributed by atoms with van der Waals surface area (Å²) in [5.74, 6) is 0.805. The summed E-state index contributed by atoms with van der Waals surface area (Å²) >= 11 is 0. The molecule has 1 aromatic carbocycles. The van der Waals surface area contributed by atoms with Crippen molar-refractivity contribution in [2.45, 2.75) is 62.8 Å². The lowest BCUT2D eigenvalue weighted by Gasteiger charge is -2.56. The normalized spacial score (nSPS) is 31.4. The van der Waals surface area contributed by atoms with Gasteiger partial charge in [-0.05, 0) is 74.5 Å². The number of nitrogens with zero attached hydrogens (tertiary/aromatic N) is 1. The molecule has 0 unspecified atom stereocenters. The van der Waals surface area contributed by atoms with Gasteiger partial charge < -0.3 is 5.32 Å². The molecule has 4 bridgehead atoms. The van der Waals surface area contributed by atoms with Crippen LogP contribution < -0.4 is 5.32 Å². The zero-order chi connectivity index (χ0) is 20.1. The number of rotatable bonds is 6. The van der Waals surface area contributed by atoms with Crippen molar-refractivity contribution in [2.75, 3.05) is 13.1 Å². The van der Waals surface area contributed by atoms with E-state index in [2.05, 4.69) is 5.32 Å². The minimum Gasteiger partial charge on any atom is -0.346 e. The molecule has 0 atom stereocenters. The number of amides is 1. The molecule has 4 aliphatic carbocycles. The predicted molar refractivity (Wildman–Crippen MR) is 105 cm³/mol. The lowest BCUT2D eigenvalue weighted by molar-refractivity contribution is -0.0167. The van der Waals surface area contributed by atoms with Crippen LogP contribution in [0.2, 0.25) is 0 Å². The van der Waals surface area contributed by atoms with Gasteiger partial charge in [0.15, 0.2) is 0 Å². The summed E-state index contributed by atoms with van der Waals surface area (Å²) in [4.78, 5) is 12.9. The number of carbonyl (C=O) groups excluding carboxylic acids is 1. The van der Waals surface area contributed by atoms with E-state index in [1.165, 1.54) is 35.7 Å². The fraction of sp³-hybridized carbons (Fsp3) is 0.667. The van der Waals surface area contributed by atoms with Crippen molar-refractivity contribution in [3.63, 3.8) is 0 Å². The Labute approximate surface area is 166 Å². The van der Waals surface area contributed by atoms with Crippen LogP contribution in [0.15, 0.2) is 23.1 Å². The Morgan fingerprint density at radius 3 is 2.14 bits per heavy atom. The quantitative estimate of drug-likeness (QED) is 0.783. The second-order valence-electron chi connectivity index (χ2n) is 8.88. The molecule has 1 aromatic rings. The van der Waals surface area contributed by atoms with Crippen molar-refractivity contribution < 1.29 is 17.6 Å². The highest BCUT2D eigenvalue weighted by molar-refractivity contribution is 7.89. The van der Waals surface area contributed by atoms with Crippen LogP contribution >= 0.6 is 0 Å². The van der Waals surface area contributed by atoms with E-state index in [9.17, 15) is 17.6 Å². The van der Waals surface area contributed by atoms with Gasteiger partial charge in [-0.3, -0.25) is 4.79 Å². The summed E-state index contributed by atoms with van der Waals surface area (Å²) < 4.78 is 41.3. The average molecular weight is 409 g/mol. The van der Waals surface area contributed by atoms with Gasteiger partial charge in [-0.25, -0.2) is 12.8 Å². The molecule has 4 fully saturated rings. The van der Waals surface area contributed by atoms with Gasteiger partial charge in [-0.15, -0.1) is 0 Å². The molecule has 0 spiro atoms. The molecule has 1 N–H and O–H groups in total. The van der Waals surface area contributed by atoms with Crippen molar-refractivity contribution in [3.05, 3.63) is 29.6 Å². The van der Waals surface area contributed by atoms with Crippen molar-refractivity contribution in [1.82, 2.24) is 9.62 Å². The summed E-state index contributed by atoms with van der Waals surface area (Å²) in [6.45, 7) is 4.16. The van der Waals surface area contributed by atoms with Crippen molar-refractivity contribution in [2.24, 2.45) is 17.8 Å². The molecule has 0 heterocycles. The Hall–Kier alpha value is -1.47. The number of nitrogens with one attached hydrogen (secondary N) is 1. The topological polar surface area (TPSA) is 66.5 Å². The number of carbonyl (C=O) groups is 1. The summed E-state index contributed by atoms with van der Waals surface area (Å²) in [6, 6.07) is 3.52. The van der Waals surface area contributed by atoms with Crippen molar-refractivity contribution in [3.8, 4) is 0 Å². The molecular weight excluding hydrogens is 379 g/mol. The molecule has 5 rings (SSSR count). The highest BCUT2D eigenvalue weighted by atomic mass is 32.2. The van der Waals surface area contributed by atoms with Gasteiger partial charge in [0.2, 0.25) is 10.0 Å². The van der Waals surface area contributed by atoms with Crippen LogP contribution in [0.1, 0.15) is 62.7 Å². The van der Waals surface area contributed by atoms with Crippen LogP contribution in [-0.2, 0) is 10.0 Å². The van der Waals surface area contributed by atoms with E-state index in [1.54, 1.807) is 13.8 Å². The van der Waals surface area contributed by atoms with Gasteiger partial charge in [0.1, 0.15) is 5.82 Å². The van der Waals surface area contributed by atoms with Crippen molar-refractivity contribution >= 4 is 15.9 Å². The monoisotopic (exact) mass is 408 g/mol. The summed E-state index contributed by atoms with van der Waals surface area (Å²) in [6.07, 6.45) is 6.64. The maximum atomic E-state index is 14.5. The van der Waals surface area contributed by atoms with Crippen LogP contribution in [0.25, 0.3) is 0 Å². The lowest BCUT2D eigenvalue weighted by atomic mass is 9.53. The molecule has 4 aliphatic rings. The van der Waals surface area contributed by atoms with Gasteiger partial charge in [-0.2, -0.15) is 4.31 Å². The number of hydrogen-bond acceptors (Lipinski definition) is 3. The largest absolute Gasteiger partial charge is 0.346 e. The van der Waals surface area contributed by atoms with Gasteiger partial charge >= 0.3 is 0 Å². The highest BCUT2D eigenvalue weighted by Gasteiger charge is 2.51. The van der Waals surface area contributed by atoms with E-state index in [0.29, 0.717) is 30.8 Å². The maximum Gasteiger partial charge on any atom is 0.254 e. The van der Waals surface area contributed by atoms with E-state index < -0.39 is 21.7 Å². The zero-order valence-corrected chi connectivity index (χ0v) is 17.4. The molecule has 154 valence electrons. The summed E-state index contributed by atoms with van der Waals surface area (Å²) in [7, 11) is -3.74. The highest BCUT2D eigenvalue weighted by Crippen LogP contribution is 2.55. The molecule has 0 aromatic heterocycles. The molecular formula is C21H29FN2O3S. The molecule has 0 saturated heterocycles.